The second-order valence-corrected chi connectivity index (χ2v) is 2.90. The predicted octanol–water partition coefficient (Wildman–Crippen LogP) is 0.00310. The maximum atomic E-state index is 10.6. The van der Waals surface area contributed by atoms with E-state index in [1.54, 1.807) is 0 Å². The van der Waals surface area contributed by atoms with E-state index in [1.165, 1.54) is 11.8 Å². The first-order chi connectivity index (χ1) is 4.22. The van der Waals surface area contributed by atoms with Crippen LogP contribution in [0.15, 0.2) is 0 Å². The highest BCUT2D eigenvalue weighted by molar-refractivity contribution is 8.00. The molecule has 0 bridgehead atoms. The summed E-state index contributed by atoms with van der Waals surface area (Å²) in [5, 5.41) is 8.35. The molecule has 1 saturated heterocycles. The van der Waals surface area contributed by atoms with Gasteiger partial charge in [-0.25, -0.2) is 0 Å². The quantitative estimate of drug-likeness (QED) is 0.529. The van der Waals surface area contributed by atoms with Crippen LogP contribution >= 0.6 is 11.8 Å². The van der Waals surface area contributed by atoms with Crippen molar-refractivity contribution in [3.8, 4) is 0 Å². The molecule has 4 heteroatoms. The van der Waals surface area contributed by atoms with Crippen molar-refractivity contribution in [2.24, 2.45) is 5.92 Å². The van der Waals surface area contributed by atoms with E-state index in [4.69, 9.17) is 5.11 Å². The minimum atomic E-state index is -0.981. The highest BCUT2D eigenvalue weighted by atomic mass is 32.2. The first-order valence-electron chi connectivity index (χ1n) is 2.55. The van der Waals surface area contributed by atoms with Crippen molar-refractivity contribution in [1.29, 1.82) is 0 Å². The van der Waals surface area contributed by atoms with Crippen LogP contribution < -0.4 is 0 Å². The molecule has 0 radical (unpaired) electrons. The molecule has 1 rings (SSSR count). The summed E-state index contributed by atoms with van der Waals surface area (Å²) in [6, 6.07) is 0. The van der Waals surface area contributed by atoms with Crippen LogP contribution in [0.1, 0.15) is 0 Å². The van der Waals surface area contributed by atoms with Crippen molar-refractivity contribution in [2.45, 2.75) is 0 Å². The molecule has 1 atom stereocenters. The fraction of sp³-hybridized carbons (Fsp3) is 0.600. The largest absolute Gasteiger partial charge is 0.481 e. The molecule has 0 aromatic carbocycles. The number of carbonyl (C=O) groups is 2. The van der Waals surface area contributed by atoms with E-state index >= 15 is 0 Å². The van der Waals surface area contributed by atoms with Gasteiger partial charge in [-0.2, -0.15) is 11.8 Å². The summed E-state index contributed by atoms with van der Waals surface area (Å²) in [6.45, 7) is 0. The first-order valence-corrected chi connectivity index (χ1v) is 3.70. The number of hydrogen-bond acceptors (Lipinski definition) is 3. The Kier molecular flexibility index (Phi) is 1.75. The van der Waals surface area contributed by atoms with Gasteiger partial charge in [-0.3, -0.25) is 9.59 Å². The molecule has 50 valence electrons. The molecule has 1 fully saturated rings. The Morgan fingerprint density at radius 3 is 2.67 bits per heavy atom. The van der Waals surface area contributed by atoms with Crippen LogP contribution in [0.3, 0.4) is 0 Å². The zero-order valence-electron chi connectivity index (χ0n) is 4.66. The van der Waals surface area contributed by atoms with Crippen LogP contribution in [0, 0.1) is 5.92 Å². The molecule has 0 aliphatic carbocycles. The molecule has 1 heterocycles. The number of ketones is 1. The predicted molar refractivity (Wildman–Crippen MR) is 33.5 cm³/mol. The fourth-order valence-corrected chi connectivity index (χ4v) is 1.76. The number of carboxylic acids is 1. The summed E-state index contributed by atoms with van der Waals surface area (Å²) >= 11 is 1.39. The second-order valence-electron chi connectivity index (χ2n) is 1.87. The van der Waals surface area contributed by atoms with E-state index in [2.05, 4.69) is 0 Å². The molecule has 1 aliphatic heterocycles. The molecule has 0 amide bonds. The van der Waals surface area contributed by atoms with Crippen molar-refractivity contribution in [3.63, 3.8) is 0 Å². The van der Waals surface area contributed by atoms with E-state index in [1.807, 2.05) is 0 Å². The number of carbonyl (C=O) groups excluding carboxylic acids is 1. The maximum absolute atomic E-state index is 10.6. The average Bonchev–Trinajstić information content (AvgIpc) is 2.13. The lowest BCUT2D eigenvalue weighted by molar-refractivity contribution is -0.144. The van der Waals surface area contributed by atoms with Crippen LogP contribution in [-0.2, 0) is 9.59 Å². The third kappa shape index (κ3) is 1.24. The number of carboxylic acid groups (broad SMARTS) is 1. The summed E-state index contributed by atoms with van der Waals surface area (Å²) < 4.78 is 0. The third-order valence-corrected chi connectivity index (χ3v) is 2.27. The van der Waals surface area contributed by atoms with Crippen LogP contribution in [0.2, 0.25) is 0 Å². The van der Waals surface area contributed by atoms with Crippen molar-refractivity contribution >= 4 is 23.5 Å². The summed E-state index contributed by atoms with van der Waals surface area (Å²) in [5.74, 6) is -1.03. The molecule has 0 aromatic heterocycles. The maximum Gasteiger partial charge on any atom is 0.314 e. The molecular formula is C5H6O3S. The third-order valence-electron chi connectivity index (χ3n) is 1.22. The number of aliphatic carboxylic acids is 1. The molecular weight excluding hydrogens is 140 g/mol. The fourth-order valence-electron chi connectivity index (χ4n) is 0.680. The zero-order valence-corrected chi connectivity index (χ0v) is 5.48. The topological polar surface area (TPSA) is 54.4 Å². The smallest absolute Gasteiger partial charge is 0.314 e. The van der Waals surface area contributed by atoms with Gasteiger partial charge in [-0.1, -0.05) is 0 Å². The summed E-state index contributed by atoms with van der Waals surface area (Å²) in [7, 11) is 0. The second kappa shape index (κ2) is 2.39. The van der Waals surface area contributed by atoms with Gasteiger partial charge in [-0.05, 0) is 0 Å². The Labute approximate surface area is 56.4 Å². The van der Waals surface area contributed by atoms with Crippen molar-refractivity contribution in [2.75, 3.05) is 11.5 Å². The van der Waals surface area contributed by atoms with E-state index in [9.17, 15) is 9.59 Å². The Morgan fingerprint density at radius 2 is 2.44 bits per heavy atom. The number of rotatable bonds is 1. The summed E-state index contributed by atoms with van der Waals surface area (Å²) in [5.41, 5.74) is 0. The minimum absolute atomic E-state index is 0.146. The molecule has 0 unspecified atom stereocenters. The van der Waals surface area contributed by atoms with Gasteiger partial charge in [0.05, 0.1) is 5.75 Å². The molecule has 1 aliphatic rings. The van der Waals surface area contributed by atoms with Gasteiger partial charge >= 0.3 is 5.97 Å². The molecule has 0 saturated carbocycles. The molecule has 9 heavy (non-hydrogen) atoms. The molecule has 0 spiro atoms. The van der Waals surface area contributed by atoms with Crippen LogP contribution in [0.25, 0.3) is 0 Å². The van der Waals surface area contributed by atoms with Gasteiger partial charge in [-0.15, -0.1) is 0 Å². The van der Waals surface area contributed by atoms with Crippen LogP contribution in [0.5, 0.6) is 0 Å². The lowest BCUT2D eigenvalue weighted by Crippen LogP contribution is -2.21. The Bertz CT molecular complexity index is 154. The number of Topliss-reactive ketones (excluding diaryl/α,β-unsaturated/α-hetero) is 1. The minimum Gasteiger partial charge on any atom is -0.481 e. The molecule has 0 aromatic rings. The van der Waals surface area contributed by atoms with E-state index in [-0.39, 0.29) is 5.78 Å². The van der Waals surface area contributed by atoms with Gasteiger partial charge in [0.15, 0.2) is 5.78 Å². The first kappa shape index (κ1) is 6.61. The highest BCUT2D eigenvalue weighted by Crippen LogP contribution is 2.19. The van der Waals surface area contributed by atoms with Crippen molar-refractivity contribution in [3.05, 3.63) is 0 Å². The molecule has 1 N–H and O–H groups in total. The lowest BCUT2D eigenvalue weighted by atomic mass is 10.1. The van der Waals surface area contributed by atoms with Gasteiger partial charge in [0.2, 0.25) is 0 Å². The van der Waals surface area contributed by atoms with Gasteiger partial charge in [0.1, 0.15) is 5.92 Å². The normalized spacial score (nSPS) is 26.7. The summed E-state index contributed by atoms with van der Waals surface area (Å²) in [6.07, 6.45) is 0. The van der Waals surface area contributed by atoms with Crippen LogP contribution in [-0.4, -0.2) is 28.4 Å². The van der Waals surface area contributed by atoms with Crippen molar-refractivity contribution < 1.29 is 14.7 Å². The zero-order chi connectivity index (χ0) is 6.85. The summed E-state index contributed by atoms with van der Waals surface area (Å²) in [4.78, 5) is 20.8. The highest BCUT2D eigenvalue weighted by Gasteiger charge is 2.30. The Balaban J connectivity index is 2.60. The average molecular weight is 146 g/mol. The SMILES string of the molecule is O=C(O)[C@@H]1CSCC1=O. The van der Waals surface area contributed by atoms with Gasteiger partial charge in [0.25, 0.3) is 0 Å². The number of thioether (sulfide) groups is 1. The standard InChI is InChI=1S/C5H6O3S/c6-4-2-9-1-3(4)5(7)8/h3H,1-2H2,(H,7,8)/t3-/m1/s1. The lowest BCUT2D eigenvalue weighted by Gasteiger charge is -1.95. The van der Waals surface area contributed by atoms with E-state index < -0.39 is 11.9 Å². The Hall–Kier alpha value is -0.510. The van der Waals surface area contributed by atoms with E-state index in [0.717, 1.165) is 0 Å². The monoisotopic (exact) mass is 146 g/mol. The van der Waals surface area contributed by atoms with Crippen LogP contribution in [0.4, 0.5) is 0 Å². The van der Waals surface area contributed by atoms with E-state index in [0.29, 0.717) is 11.5 Å². The van der Waals surface area contributed by atoms with Gasteiger partial charge in [0, 0.05) is 5.75 Å². The van der Waals surface area contributed by atoms with Gasteiger partial charge < -0.3 is 5.11 Å². The molecule has 3 nitrogen and oxygen atoms in total. The van der Waals surface area contributed by atoms with Crippen molar-refractivity contribution in [1.82, 2.24) is 0 Å². The Morgan fingerprint density at radius 1 is 1.78 bits per heavy atom. The number of hydrogen-bond donors (Lipinski definition) is 1.